The van der Waals surface area contributed by atoms with Gasteiger partial charge in [-0.25, -0.2) is 10.2 Å². The second-order valence-electron chi connectivity index (χ2n) is 6.51. The number of rotatable bonds is 8. The molecule has 172 valence electrons. The Balaban J connectivity index is 2.23. The summed E-state index contributed by atoms with van der Waals surface area (Å²) in [6.07, 6.45) is -4.28. The average Bonchev–Trinajstić information content (AvgIpc) is 3.03. The van der Waals surface area contributed by atoms with Crippen LogP contribution in [0, 0.1) is 6.92 Å². The number of carbonyl (C=O) groups is 4. The number of aromatic nitrogens is 1. The third-order valence-electron chi connectivity index (χ3n) is 4.02. The zero-order chi connectivity index (χ0) is 23.1. The lowest BCUT2D eigenvalue weighted by Gasteiger charge is -2.40. The van der Waals surface area contributed by atoms with Crippen molar-refractivity contribution >= 4 is 40.4 Å². The molecule has 1 saturated heterocycles. The smallest absolute Gasteiger partial charge is 0.343 e. The number of nitrogens with one attached hydrogen (secondary N) is 2. The molecule has 2 rings (SSSR count). The lowest BCUT2D eigenvalue weighted by atomic mass is 10.0. The summed E-state index contributed by atoms with van der Waals surface area (Å²) in [6.45, 7) is 6.96. The van der Waals surface area contributed by atoms with Crippen molar-refractivity contribution in [1.82, 2.24) is 9.80 Å². The Morgan fingerprint density at radius 3 is 2.26 bits per heavy atom. The molecule has 0 radical (unpaired) electrons. The van der Waals surface area contributed by atoms with Crippen LogP contribution < -0.4 is 10.9 Å². The van der Waals surface area contributed by atoms with E-state index in [1.165, 1.54) is 20.8 Å². The monoisotopic (exact) mass is 459 g/mol. The van der Waals surface area contributed by atoms with Crippen LogP contribution >= 0.6 is 11.5 Å². The second kappa shape index (κ2) is 11.0. The normalized spacial score (nSPS) is 22.9. The van der Waals surface area contributed by atoms with E-state index in [0.29, 0.717) is 10.7 Å². The van der Waals surface area contributed by atoms with Crippen molar-refractivity contribution in [3.05, 3.63) is 11.3 Å². The maximum Gasteiger partial charge on any atom is 0.343 e. The van der Waals surface area contributed by atoms with Crippen LogP contribution in [0.2, 0.25) is 0 Å². The molecular formula is C18H25N3O9S. The van der Waals surface area contributed by atoms with Gasteiger partial charge in [-0.1, -0.05) is 0 Å². The van der Waals surface area contributed by atoms with Crippen molar-refractivity contribution < 1.29 is 42.9 Å². The molecule has 1 aliphatic heterocycles. The van der Waals surface area contributed by atoms with Gasteiger partial charge in [0.25, 0.3) is 0 Å². The predicted octanol–water partition coefficient (Wildman–Crippen LogP) is 0.696. The van der Waals surface area contributed by atoms with Gasteiger partial charge in [0.2, 0.25) is 0 Å². The number of aryl methyl sites for hydroxylation is 1. The number of anilines is 1. The van der Waals surface area contributed by atoms with Crippen LogP contribution in [0.15, 0.2) is 0 Å². The van der Waals surface area contributed by atoms with E-state index in [1.807, 2.05) is 0 Å². The third kappa shape index (κ3) is 6.60. The first-order chi connectivity index (χ1) is 14.6. The van der Waals surface area contributed by atoms with Gasteiger partial charge >= 0.3 is 23.9 Å². The summed E-state index contributed by atoms with van der Waals surface area (Å²) < 4.78 is 30.5. The molecule has 2 heterocycles. The summed E-state index contributed by atoms with van der Waals surface area (Å²) in [5.41, 5.74) is 6.34. The Hall–Kier alpha value is -2.77. The summed E-state index contributed by atoms with van der Waals surface area (Å²) in [4.78, 5) is 46.9. The molecular weight excluding hydrogens is 434 g/mol. The van der Waals surface area contributed by atoms with Gasteiger partial charge in [-0.3, -0.25) is 14.4 Å². The molecule has 0 saturated carbocycles. The van der Waals surface area contributed by atoms with Crippen molar-refractivity contribution in [2.75, 3.05) is 18.6 Å². The van der Waals surface area contributed by atoms with Gasteiger partial charge in [-0.2, -0.15) is 4.37 Å². The Morgan fingerprint density at radius 1 is 1.06 bits per heavy atom. The predicted molar refractivity (Wildman–Crippen MR) is 106 cm³/mol. The lowest BCUT2D eigenvalue weighted by molar-refractivity contribution is -0.229. The molecule has 12 nitrogen and oxygen atoms in total. The van der Waals surface area contributed by atoms with Crippen molar-refractivity contribution in [3.8, 4) is 0 Å². The summed E-state index contributed by atoms with van der Waals surface area (Å²) in [6, 6.07) is 0. The molecule has 0 aromatic carbocycles. The topological polar surface area (TPSA) is 151 Å². The quantitative estimate of drug-likeness (QED) is 0.320. The lowest BCUT2D eigenvalue weighted by Crippen LogP contribution is -2.62. The van der Waals surface area contributed by atoms with Crippen LogP contribution in [-0.4, -0.2) is 66.0 Å². The number of ether oxygens (including phenoxy) is 5. The molecule has 1 fully saturated rings. The summed E-state index contributed by atoms with van der Waals surface area (Å²) >= 11 is 1.01. The van der Waals surface area contributed by atoms with E-state index in [1.54, 1.807) is 13.8 Å². The van der Waals surface area contributed by atoms with E-state index >= 15 is 0 Å². The standard InChI is InChI=1S/C18H25N3O9S/c1-6-26-18(25)13-8(2)21-31-17(13)20-19-16-15(30-11(5)24)14(29-10(4)23)12(7-27-16)28-9(3)22/h12,14-16,19-20H,6-7H2,1-5H3/t12-,14?,15+,16+/m1/s1. The molecule has 1 unspecified atom stereocenters. The first-order valence-corrected chi connectivity index (χ1v) is 10.2. The minimum atomic E-state index is -1.16. The van der Waals surface area contributed by atoms with Gasteiger partial charge in [0.05, 0.1) is 18.9 Å². The third-order valence-corrected chi connectivity index (χ3v) is 4.87. The molecule has 13 heteroatoms. The fourth-order valence-electron chi connectivity index (χ4n) is 2.90. The van der Waals surface area contributed by atoms with Crippen molar-refractivity contribution in [3.63, 3.8) is 0 Å². The molecule has 0 spiro atoms. The first kappa shape index (κ1) is 24.5. The van der Waals surface area contributed by atoms with Crippen LogP contribution in [0.1, 0.15) is 43.7 Å². The van der Waals surface area contributed by atoms with Crippen LogP contribution in [-0.2, 0) is 38.1 Å². The molecule has 1 aliphatic rings. The Bertz CT molecular complexity index is 828. The number of carbonyl (C=O) groups excluding carboxylic acids is 4. The van der Waals surface area contributed by atoms with Crippen molar-refractivity contribution in [2.45, 2.75) is 59.2 Å². The number of esters is 4. The number of nitrogens with zero attached hydrogens (tertiary/aromatic N) is 1. The highest BCUT2D eigenvalue weighted by atomic mass is 32.1. The molecule has 0 bridgehead atoms. The summed E-state index contributed by atoms with van der Waals surface area (Å²) in [7, 11) is 0. The second-order valence-corrected chi connectivity index (χ2v) is 7.29. The molecule has 2 N–H and O–H groups in total. The van der Waals surface area contributed by atoms with E-state index in [4.69, 9.17) is 23.7 Å². The summed E-state index contributed by atoms with van der Waals surface area (Å²) in [5.74, 6) is -2.49. The number of hydrazine groups is 1. The van der Waals surface area contributed by atoms with E-state index in [2.05, 4.69) is 15.2 Å². The zero-order valence-electron chi connectivity index (χ0n) is 17.8. The fourth-order valence-corrected chi connectivity index (χ4v) is 3.65. The minimum Gasteiger partial charge on any atom is -0.462 e. The molecule has 4 atom stereocenters. The minimum absolute atomic E-state index is 0.138. The highest BCUT2D eigenvalue weighted by molar-refractivity contribution is 7.10. The van der Waals surface area contributed by atoms with Gasteiger partial charge < -0.3 is 29.1 Å². The average molecular weight is 459 g/mol. The highest BCUT2D eigenvalue weighted by Gasteiger charge is 2.47. The SMILES string of the molecule is CCOC(=O)c1c(C)nsc1NN[C@H]1OC[C@@H](OC(C)=O)C(OC(C)=O)[C@@H]1OC(C)=O. The Morgan fingerprint density at radius 2 is 1.68 bits per heavy atom. The van der Waals surface area contributed by atoms with Crippen LogP contribution in [0.5, 0.6) is 0 Å². The number of hydrogen-bond acceptors (Lipinski definition) is 13. The summed E-state index contributed by atoms with van der Waals surface area (Å²) in [5, 5.41) is 0.354. The molecule has 0 amide bonds. The number of hydrogen-bond donors (Lipinski definition) is 2. The maximum atomic E-state index is 12.2. The fraction of sp³-hybridized carbons (Fsp3) is 0.611. The van der Waals surface area contributed by atoms with Gasteiger partial charge in [0.15, 0.2) is 24.5 Å². The van der Waals surface area contributed by atoms with E-state index < -0.39 is 48.4 Å². The van der Waals surface area contributed by atoms with Crippen LogP contribution in [0.3, 0.4) is 0 Å². The van der Waals surface area contributed by atoms with Gasteiger partial charge in [0.1, 0.15) is 10.6 Å². The van der Waals surface area contributed by atoms with Gasteiger partial charge in [0, 0.05) is 20.8 Å². The molecule has 1 aromatic rings. The molecule has 31 heavy (non-hydrogen) atoms. The first-order valence-electron chi connectivity index (χ1n) is 9.42. The van der Waals surface area contributed by atoms with E-state index in [0.717, 1.165) is 11.5 Å². The molecule has 1 aromatic heterocycles. The van der Waals surface area contributed by atoms with Crippen molar-refractivity contribution in [1.29, 1.82) is 0 Å². The van der Waals surface area contributed by atoms with Gasteiger partial charge in [-0.05, 0) is 25.4 Å². The molecule has 0 aliphatic carbocycles. The van der Waals surface area contributed by atoms with Crippen molar-refractivity contribution in [2.24, 2.45) is 0 Å². The highest BCUT2D eigenvalue weighted by Crippen LogP contribution is 2.27. The van der Waals surface area contributed by atoms with E-state index in [-0.39, 0.29) is 18.8 Å². The Labute approximate surface area is 182 Å². The van der Waals surface area contributed by atoms with Gasteiger partial charge in [-0.15, -0.1) is 0 Å². The van der Waals surface area contributed by atoms with E-state index in [9.17, 15) is 19.2 Å². The largest absolute Gasteiger partial charge is 0.462 e. The zero-order valence-corrected chi connectivity index (χ0v) is 18.6. The maximum absolute atomic E-state index is 12.2. The Kier molecular flexibility index (Phi) is 8.71. The van der Waals surface area contributed by atoms with Crippen LogP contribution in [0.25, 0.3) is 0 Å². The van der Waals surface area contributed by atoms with Crippen LogP contribution in [0.4, 0.5) is 5.00 Å².